The van der Waals surface area contributed by atoms with Gasteiger partial charge in [0, 0.05) is 17.4 Å². The summed E-state index contributed by atoms with van der Waals surface area (Å²) < 4.78 is 15.0. The van der Waals surface area contributed by atoms with Gasteiger partial charge in [0.25, 0.3) is 0 Å². The molecule has 0 N–H and O–H groups in total. The van der Waals surface area contributed by atoms with Crippen molar-refractivity contribution in [3.05, 3.63) is 60.2 Å². The monoisotopic (exact) mass is 334 g/mol. The highest BCUT2D eigenvalue weighted by atomic mass is 19.1. The molecule has 4 rings (SSSR count). The first-order chi connectivity index (χ1) is 12.3. The van der Waals surface area contributed by atoms with Crippen LogP contribution in [0.2, 0.25) is 0 Å². The minimum atomic E-state index is -0.264. The lowest BCUT2D eigenvalue weighted by atomic mass is 10.2. The van der Waals surface area contributed by atoms with Crippen LogP contribution in [0.25, 0.3) is 27.9 Å². The molecule has 0 radical (unpaired) electrons. The van der Waals surface area contributed by atoms with Gasteiger partial charge in [0.05, 0.1) is 5.52 Å². The van der Waals surface area contributed by atoms with E-state index in [-0.39, 0.29) is 5.82 Å². The van der Waals surface area contributed by atoms with Gasteiger partial charge in [-0.3, -0.25) is 0 Å². The van der Waals surface area contributed by atoms with Crippen molar-refractivity contribution in [2.24, 2.45) is 0 Å². The third-order valence-corrected chi connectivity index (χ3v) is 4.35. The average Bonchev–Trinajstić information content (AvgIpc) is 3.08. The summed E-state index contributed by atoms with van der Waals surface area (Å²) in [6.07, 6.45) is 4.26. The molecule has 0 amide bonds. The first kappa shape index (κ1) is 15.7. The van der Waals surface area contributed by atoms with Crippen LogP contribution in [-0.2, 0) is 6.42 Å². The highest BCUT2D eigenvalue weighted by Crippen LogP contribution is 2.23. The molecule has 0 fully saturated rings. The summed E-state index contributed by atoms with van der Waals surface area (Å²) in [5.74, 6) is 1.25. The van der Waals surface area contributed by atoms with Gasteiger partial charge in [-0.15, -0.1) is 5.10 Å². The number of unbranched alkanes of at least 4 members (excludes halogenated alkanes) is 2. The van der Waals surface area contributed by atoms with Crippen molar-refractivity contribution < 1.29 is 4.39 Å². The van der Waals surface area contributed by atoms with Gasteiger partial charge in [-0.05, 0) is 42.8 Å². The molecule has 0 saturated carbocycles. The first-order valence-corrected chi connectivity index (χ1v) is 8.66. The van der Waals surface area contributed by atoms with Gasteiger partial charge in [-0.1, -0.05) is 31.9 Å². The second-order valence-electron chi connectivity index (χ2n) is 6.18. The van der Waals surface area contributed by atoms with Gasteiger partial charge >= 0.3 is 0 Å². The Morgan fingerprint density at radius 3 is 2.56 bits per heavy atom. The molecule has 0 aliphatic heterocycles. The number of halogens is 1. The summed E-state index contributed by atoms with van der Waals surface area (Å²) in [6, 6.07) is 14.2. The van der Waals surface area contributed by atoms with Crippen LogP contribution in [-0.4, -0.2) is 19.6 Å². The van der Waals surface area contributed by atoms with E-state index < -0.39 is 0 Å². The maximum atomic E-state index is 13.2. The fraction of sp³-hybridized carbons (Fsp3) is 0.250. The van der Waals surface area contributed by atoms with E-state index in [0.29, 0.717) is 5.82 Å². The Bertz CT molecular complexity index is 1020. The van der Waals surface area contributed by atoms with Crippen LogP contribution in [0.15, 0.2) is 48.5 Å². The number of para-hydroxylation sites is 1. The molecule has 0 aliphatic rings. The Kier molecular flexibility index (Phi) is 4.14. The molecule has 4 aromatic rings. The van der Waals surface area contributed by atoms with Crippen LogP contribution >= 0.6 is 0 Å². The lowest BCUT2D eigenvalue weighted by Gasteiger charge is -2.06. The van der Waals surface area contributed by atoms with Gasteiger partial charge in [-0.2, -0.15) is 4.52 Å². The average molecular weight is 334 g/mol. The van der Waals surface area contributed by atoms with Crippen LogP contribution in [0.4, 0.5) is 4.39 Å². The Labute approximate surface area is 145 Å². The van der Waals surface area contributed by atoms with E-state index >= 15 is 0 Å². The van der Waals surface area contributed by atoms with Crippen molar-refractivity contribution in [2.75, 3.05) is 0 Å². The van der Waals surface area contributed by atoms with E-state index in [0.717, 1.165) is 53.6 Å². The lowest BCUT2D eigenvalue weighted by Crippen LogP contribution is -2.03. The quantitative estimate of drug-likeness (QED) is 0.492. The highest BCUT2D eigenvalue weighted by molar-refractivity contribution is 5.91. The zero-order valence-corrected chi connectivity index (χ0v) is 14.1. The summed E-state index contributed by atoms with van der Waals surface area (Å²) >= 11 is 0. The van der Waals surface area contributed by atoms with Gasteiger partial charge < -0.3 is 0 Å². The predicted molar refractivity (Wildman–Crippen MR) is 96.9 cm³/mol. The predicted octanol–water partition coefficient (Wildman–Crippen LogP) is 4.82. The van der Waals surface area contributed by atoms with Crippen LogP contribution < -0.4 is 0 Å². The third-order valence-electron chi connectivity index (χ3n) is 4.35. The normalized spacial score (nSPS) is 11.4. The van der Waals surface area contributed by atoms with Gasteiger partial charge in [0.1, 0.15) is 11.6 Å². The number of fused-ring (bicyclic) bond motifs is 3. The molecule has 0 atom stereocenters. The van der Waals surface area contributed by atoms with Crippen molar-refractivity contribution >= 4 is 16.6 Å². The Morgan fingerprint density at radius 2 is 1.76 bits per heavy atom. The van der Waals surface area contributed by atoms with Gasteiger partial charge in [-0.25, -0.2) is 14.4 Å². The Morgan fingerprint density at radius 1 is 0.960 bits per heavy atom. The topological polar surface area (TPSA) is 43.1 Å². The van der Waals surface area contributed by atoms with Crippen LogP contribution in [0.1, 0.15) is 32.0 Å². The van der Waals surface area contributed by atoms with E-state index in [1.165, 1.54) is 12.1 Å². The SMILES string of the molecule is CCCCCc1nc2ccccc2c2nc(-c3ccc(F)cc3)nn12. The van der Waals surface area contributed by atoms with Crippen LogP contribution in [0, 0.1) is 5.82 Å². The molecule has 0 saturated heterocycles. The second kappa shape index (κ2) is 6.59. The van der Waals surface area contributed by atoms with Crippen molar-refractivity contribution in [3.8, 4) is 11.4 Å². The summed E-state index contributed by atoms with van der Waals surface area (Å²) in [5.41, 5.74) is 2.53. The summed E-state index contributed by atoms with van der Waals surface area (Å²) in [5, 5.41) is 5.64. The summed E-state index contributed by atoms with van der Waals surface area (Å²) in [6.45, 7) is 2.19. The largest absolute Gasteiger partial charge is 0.233 e. The number of aromatic nitrogens is 4. The molecular formula is C20H19FN4. The number of hydrogen-bond acceptors (Lipinski definition) is 3. The van der Waals surface area contributed by atoms with Crippen molar-refractivity contribution in [2.45, 2.75) is 32.6 Å². The minimum Gasteiger partial charge on any atom is -0.233 e. The van der Waals surface area contributed by atoms with Gasteiger partial charge in [0.15, 0.2) is 11.5 Å². The molecule has 0 unspecified atom stereocenters. The maximum Gasteiger partial charge on any atom is 0.182 e. The number of hydrogen-bond donors (Lipinski definition) is 0. The van der Waals surface area contributed by atoms with Crippen LogP contribution in [0.3, 0.4) is 0 Å². The standard InChI is InChI=1S/C20H19FN4/c1-2-3-4-9-18-22-17-8-6-5-7-16(17)20-23-19(24-25(18)20)14-10-12-15(21)13-11-14/h5-8,10-13H,2-4,9H2,1H3. The van der Waals surface area contributed by atoms with Crippen LogP contribution in [0.5, 0.6) is 0 Å². The fourth-order valence-corrected chi connectivity index (χ4v) is 3.03. The third kappa shape index (κ3) is 2.97. The zero-order chi connectivity index (χ0) is 17.2. The number of benzene rings is 2. The smallest absolute Gasteiger partial charge is 0.182 e. The minimum absolute atomic E-state index is 0.264. The van der Waals surface area contributed by atoms with E-state index in [1.54, 1.807) is 12.1 Å². The molecule has 2 aromatic carbocycles. The molecule has 0 aliphatic carbocycles. The molecule has 5 heteroatoms. The zero-order valence-electron chi connectivity index (χ0n) is 14.1. The van der Waals surface area contributed by atoms with Crippen molar-refractivity contribution in [3.63, 3.8) is 0 Å². The molecule has 25 heavy (non-hydrogen) atoms. The Balaban J connectivity index is 1.89. The molecule has 2 aromatic heterocycles. The Hall–Kier alpha value is -2.82. The molecule has 0 bridgehead atoms. The molecule has 4 nitrogen and oxygen atoms in total. The van der Waals surface area contributed by atoms with E-state index in [1.807, 2.05) is 28.8 Å². The van der Waals surface area contributed by atoms with E-state index in [4.69, 9.17) is 9.97 Å². The van der Waals surface area contributed by atoms with Crippen molar-refractivity contribution in [1.82, 2.24) is 19.6 Å². The highest BCUT2D eigenvalue weighted by Gasteiger charge is 2.14. The van der Waals surface area contributed by atoms with E-state index in [9.17, 15) is 4.39 Å². The molecule has 0 spiro atoms. The number of aryl methyl sites for hydroxylation is 1. The maximum absolute atomic E-state index is 13.2. The summed E-state index contributed by atoms with van der Waals surface area (Å²) in [7, 11) is 0. The number of rotatable bonds is 5. The van der Waals surface area contributed by atoms with E-state index in [2.05, 4.69) is 12.0 Å². The number of nitrogens with zero attached hydrogens (tertiary/aromatic N) is 4. The van der Waals surface area contributed by atoms with Gasteiger partial charge in [0.2, 0.25) is 0 Å². The molecule has 2 heterocycles. The summed E-state index contributed by atoms with van der Waals surface area (Å²) in [4.78, 5) is 9.52. The second-order valence-corrected chi connectivity index (χ2v) is 6.18. The fourth-order valence-electron chi connectivity index (χ4n) is 3.03. The lowest BCUT2D eigenvalue weighted by molar-refractivity contribution is 0.628. The van der Waals surface area contributed by atoms with Crippen molar-refractivity contribution in [1.29, 1.82) is 0 Å². The first-order valence-electron chi connectivity index (χ1n) is 8.66. The molecular weight excluding hydrogens is 315 g/mol. The molecule has 126 valence electrons.